The monoisotopic (exact) mass is 259 g/mol. The molecule has 0 spiro atoms. The van der Waals surface area contributed by atoms with Gasteiger partial charge in [-0.2, -0.15) is 5.26 Å². The van der Waals surface area contributed by atoms with Crippen molar-refractivity contribution in [2.45, 2.75) is 25.6 Å². The van der Waals surface area contributed by atoms with Crippen LogP contribution < -0.4 is 5.73 Å². The van der Waals surface area contributed by atoms with Crippen LogP contribution in [0.4, 0.5) is 4.79 Å². The normalized spacial score (nSPS) is 22.6. The molecular formula is C14H17N3O2. The van der Waals surface area contributed by atoms with E-state index < -0.39 is 12.3 Å². The summed E-state index contributed by atoms with van der Waals surface area (Å²) in [5, 5.41) is 8.85. The molecule has 5 nitrogen and oxygen atoms in total. The minimum Gasteiger partial charge on any atom is -0.445 e. The summed E-state index contributed by atoms with van der Waals surface area (Å²) < 4.78 is 5.23. The first kappa shape index (κ1) is 13.4. The second kappa shape index (κ2) is 6.21. The second-order valence-electron chi connectivity index (χ2n) is 4.65. The van der Waals surface area contributed by atoms with Gasteiger partial charge in [0.2, 0.25) is 0 Å². The topological polar surface area (TPSA) is 79.3 Å². The molecule has 0 aliphatic carbocycles. The third kappa shape index (κ3) is 3.46. The molecule has 0 saturated carbocycles. The smallest absolute Gasteiger partial charge is 0.411 e. The molecule has 1 heterocycles. The second-order valence-corrected chi connectivity index (χ2v) is 4.65. The number of ether oxygens (including phenoxy) is 1. The molecule has 2 N–H and O–H groups in total. The molecule has 1 fully saturated rings. The summed E-state index contributed by atoms with van der Waals surface area (Å²) in [6.07, 6.45) is 0.330. The number of nitrogens with zero attached hydrogens (tertiary/aromatic N) is 2. The number of carbonyl (C=O) groups excluding carboxylic acids is 1. The van der Waals surface area contributed by atoms with Crippen LogP contribution in [-0.2, 0) is 11.3 Å². The fourth-order valence-electron chi connectivity index (χ4n) is 2.14. The van der Waals surface area contributed by atoms with Gasteiger partial charge in [0.15, 0.2) is 0 Å². The fraction of sp³-hybridized carbons (Fsp3) is 0.429. The van der Waals surface area contributed by atoms with Gasteiger partial charge in [-0.3, -0.25) is 4.90 Å². The van der Waals surface area contributed by atoms with Crippen LogP contribution in [0.2, 0.25) is 0 Å². The van der Waals surface area contributed by atoms with Crippen LogP contribution in [-0.4, -0.2) is 23.7 Å². The van der Waals surface area contributed by atoms with Gasteiger partial charge < -0.3 is 10.5 Å². The zero-order valence-corrected chi connectivity index (χ0v) is 10.7. The van der Waals surface area contributed by atoms with E-state index in [0.717, 1.165) is 5.56 Å². The standard InChI is InChI=1S/C14H17N3O2/c15-9-12-6-7-17(13(16)8-12)14(18)19-10-11-4-2-1-3-5-11/h1-5,12-13H,6-8,10,16H2. The molecular weight excluding hydrogens is 242 g/mol. The Morgan fingerprint density at radius 1 is 1.47 bits per heavy atom. The summed E-state index contributed by atoms with van der Waals surface area (Å²) in [4.78, 5) is 13.4. The van der Waals surface area contributed by atoms with Gasteiger partial charge in [-0.15, -0.1) is 0 Å². The molecule has 1 aliphatic heterocycles. The molecule has 1 saturated heterocycles. The van der Waals surface area contributed by atoms with Crippen molar-refractivity contribution in [3.05, 3.63) is 35.9 Å². The van der Waals surface area contributed by atoms with Crippen molar-refractivity contribution in [2.24, 2.45) is 11.7 Å². The molecule has 2 rings (SSSR count). The Bertz CT molecular complexity index is 469. The highest BCUT2D eigenvalue weighted by molar-refractivity contribution is 5.68. The third-order valence-electron chi connectivity index (χ3n) is 3.27. The Morgan fingerprint density at radius 2 is 2.21 bits per heavy atom. The maximum atomic E-state index is 11.9. The maximum absolute atomic E-state index is 11.9. The largest absolute Gasteiger partial charge is 0.445 e. The van der Waals surface area contributed by atoms with E-state index in [1.165, 1.54) is 4.90 Å². The lowest BCUT2D eigenvalue weighted by Crippen LogP contribution is -2.50. The van der Waals surface area contributed by atoms with Crippen LogP contribution in [0.25, 0.3) is 0 Å². The van der Waals surface area contributed by atoms with Crippen molar-refractivity contribution < 1.29 is 9.53 Å². The van der Waals surface area contributed by atoms with E-state index in [2.05, 4.69) is 6.07 Å². The fourth-order valence-corrected chi connectivity index (χ4v) is 2.14. The summed E-state index contributed by atoms with van der Waals surface area (Å²) in [6.45, 7) is 0.720. The van der Waals surface area contributed by atoms with E-state index >= 15 is 0 Å². The minimum absolute atomic E-state index is 0.0619. The lowest BCUT2D eigenvalue weighted by Gasteiger charge is -2.34. The van der Waals surface area contributed by atoms with Crippen LogP contribution in [0.1, 0.15) is 18.4 Å². The summed E-state index contributed by atoms with van der Waals surface area (Å²) in [5.41, 5.74) is 6.83. The number of carbonyl (C=O) groups is 1. The van der Waals surface area contributed by atoms with E-state index in [4.69, 9.17) is 15.7 Å². The molecule has 1 aliphatic rings. The van der Waals surface area contributed by atoms with Crippen molar-refractivity contribution in [1.29, 1.82) is 5.26 Å². The van der Waals surface area contributed by atoms with Gasteiger partial charge >= 0.3 is 6.09 Å². The van der Waals surface area contributed by atoms with E-state index in [0.29, 0.717) is 19.4 Å². The predicted molar refractivity (Wildman–Crippen MR) is 69.6 cm³/mol. The van der Waals surface area contributed by atoms with Gasteiger partial charge in [-0.25, -0.2) is 4.79 Å². The van der Waals surface area contributed by atoms with E-state index in [9.17, 15) is 4.79 Å². The Kier molecular flexibility index (Phi) is 4.37. The van der Waals surface area contributed by atoms with Crippen molar-refractivity contribution in [1.82, 2.24) is 4.90 Å². The summed E-state index contributed by atoms with van der Waals surface area (Å²) in [5.74, 6) is -0.0619. The average Bonchev–Trinajstić information content (AvgIpc) is 2.45. The summed E-state index contributed by atoms with van der Waals surface area (Å²) in [6, 6.07) is 11.7. The Labute approximate surface area is 112 Å². The first-order valence-corrected chi connectivity index (χ1v) is 6.33. The van der Waals surface area contributed by atoms with Crippen molar-refractivity contribution in [3.63, 3.8) is 0 Å². The van der Waals surface area contributed by atoms with Gasteiger partial charge in [-0.05, 0) is 18.4 Å². The average molecular weight is 259 g/mol. The number of hydrogen-bond acceptors (Lipinski definition) is 4. The molecule has 1 amide bonds. The summed E-state index contributed by atoms with van der Waals surface area (Å²) in [7, 11) is 0. The predicted octanol–water partition coefficient (Wildman–Crippen LogP) is 1.84. The maximum Gasteiger partial charge on any atom is 0.411 e. The molecule has 19 heavy (non-hydrogen) atoms. The van der Waals surface area contributed by atoms with Crippen LogP contribution in [0.5, 0.6) is 0 Å². The highest BCUT2D eigenvalue weighted by Gasteiger charge is 2.30. The highest BCUT2D eigenvalue weighted by atomic mass is 16.6. The van der Waals surface area contributed by atoms with Crippen molar-refractivity contribution >= 4 is 6.09 Å². The molecule has 0 radical (unpaired) electrons. The number of nitrogens with two attached hydrogens (primary N) is 1. The number of nitriles is 1. The zero-order valence-electron chi connectivity index (χ0n) is 10.7. The number of rotatable bonds is 2. The molecule has 1 aromatic rings. The number of piperidine rings is 1. The van der Waals surface area contributed by atoms with E-state index in [1.807, 2.05) is 30.3 Å². The highest BCUT2D eigenvalue weighted by Crippen LogP contribution is 2.20. The van der Waals surface area contributed by atoms with Crippen LogP contribution in [0.3, 0.4) is 0 Å². The van der Waals surface area contributed by atoms with E-state index in [-0.39, 0.29) is 12.5 Å². The molecule has 5 heteroatoms. The third-order valence-corrected chi connectivity index (χ3v) is 3.27. The first-order valence-electron chi connectivity index (χ1n) is 6.33. The minimum atomic E-state index is -0.429. The first-order chi connectivity index (χ1) is 9.20. The molecule has 2 atom stereocenters. The van der Waals surface area contributed by atoms with Crippen molar-refractivity contribution in [3.8, 4) is 6.07 Å². The number of hydrogen-bond donors (Lipinski definition) is 1. The molecule has 100 valence electrons. The number of benzene rings is 1. The Morgan fingerprint density at radius 3 is 2.84 bits per heavy atom. The van der Waals surface area contributed by atoms with Gasteiger partial charge in [0, 0.05) is 6.54 Å². The van der Waals surface area contributed by atoms with Crippen LogP contribution >= 0.6 is 0 Å². The molecule has 2 unspecified atom stereocenters. The summed E-state index contributed by atoms with van der Waals surface area (Å²) >= 11 is 0. The Hall–Kier alpha value is -2.06. The van der Waals surface area contributed by atoms with Crippen molar-refractivity contribution in [2.75, 3.05) is 6.54 Å². The lowest BCUT2D eigenvalue weighted by molar-refractivity contribution is 0.0639. The van der Waals surface area contributed by atoms with Crippen LogP contribution in [0, 0.1) is 17.2 Å². The molecule has 0 bridgehead atoms. The van der Waals surface area contributed by atoms with Gasteiger partial charge in [-0.1, -0.05) is 30.3 Å². The van der Waals surface area contributed by atoms with Gasteiger partial charge in [0.25, 0.3) is 0 Å². The molecule has 1 aromatic carbocycles. The SMILES string of the molecule is N#CC1CCN(C(=O)OCc2ccccc2)C(N)C1. The van der Waals surface area contributed by atoms with Gasteiger partial charge in [0.1, 0.15) is 6.61 Å². The zero-order chi connectivity index (χ0) is 13.7. The van der Waals surface area contributed by atoms with Gasteiger partial charge in [0.05, 0.1) is 18.2 Å². The number of amides is 1. The number of likely N-dealkylation sites (tertiary alicyclic amines) is 1. The Balaban J connectivity index is 1.85. The molecule has 0 aromatic heterocycles. The van der Waals surface area contributed by atoms with Crippen LogP contribution in [0.15, 0.2) is 30.3 Å². The van der Waals surface area contributed by atoms with E-state index in [1.54, 1.807) is 0 Å². The quantitative estimate of drug-likeness (QED) is 0.879. The lowest BCUT2D eigenvalue weighted by atomic mass is 9.96.